The predicted octanol–water partition coefficient (Wildman–Crippen LogP) is 17.8. The van der Waals surface area contributed by atoms with Gasteiger partial charge in [-0.15, -0.1) is 0 Å². The van der Waals surface area contributed by atoms with Crippen LogP contribution in [0.5, 0.6) is 0 Å². The highest BCUT2D eigenvalue weighted by Gasteiger charge is 2.34. The predicted molar refractivity (Wildman–Crippen MR) is 301 cm³/mol. The highest BCUT2D eigenvalue weighted by Crippen LogP contribution is 2.45. The Balaban J connectivity index is 0.900. The van der Waals surface area contributed by atoms with Crippen LogP contribution in [-0.2, 0) is 12.0 Å². The van der Waals surface area contributed by atoms with Gasteiger partial charge in [-0.3, -0.25) is 0 Å². The first-order chi connectivity index (χ1) is 35.0. The summed E-state index contributed by atoms with van der Waals surface area (Å²) in [7, 11) is 0. The lowest BCUT2D eigenvalue weighted by atomic mass is 9.87. The van der Waals surface area contributed by atoms with Crippen LogP contribution in [-0.4, -0.2) is 13.7 Å². The summed E-state index contributed by atoms with van der Waals surface area (Å²) >= 11 is 0. The number of hydrogen-bond acceptors (Lipinski definition) is 0. The Morgan fingerprint density at radius 2 is 0.859 bits per heavy atom. The first kappa shape index (κ1) is 41.3. The van der Waals surface area contributed by atoms with Crippen LogP contribution < -0.4 is 0 Å². The lowest BCUT2D eigenvalue weighted by Gasteiger charge is -2.34. The number of aromatic nitrogens is 3. The van der Waals surface area contributed by atoms with Gasteiger partial charge in [0.15, 0.2) is 0 Å². The van der Waals surface area contributed by atoms with E-state index in [-0.39, 0.29) is 5.54 Å². The number of hydrogen-bond donors (Lipinski definition) is 0. The van der Waals surface area contributed by atoms with Gasteiger partial charge in [-0.05, 0) is 143 Å². The van der Waals surface area contributed by atoms with E-state index >= 15 is 0 Å². The summed E-state index contributed by atoms with van der Waals surface area (Å²) in [6, 6.07) is 78.7. The van der Waals surface area contributed by atoms with Crippen LogP contribution in [0.2, 0.25) is 0 Å². The minimum Gasteiger partial charge on any atom is -0.331 e. The zero-order chi connectivity index (χ0) is 47.2. The zero-order valence-electron chi connectivity index (χ0n) is 39.9. The third-order valence-electron chi connectivity index (χ3n) is 15.5. The van der Waals surface area contributed by atoms with Gasteiger partial charge in [0, 0.05) is 67.0 Å². The van der Waals surface area contributed by atoms with Crippen molar-refractivity contribution < 1.29 is 0 Å². The highest BCUT2D eigenvalue weighted by molar-refractivity contribution is 6.12. The van der Waals surface area contributed by atoms with Crippen LogP contribution in [0.3, 0.4) is 0 Å². The minimum atomic E-state index is -0.371. The fraction of sp³-hybridized carbons (Fsp3) is 0.0882. The number of para-hydroxylation sites is 1. The molecule has 0 spiro atoms. The molecule has 0 saturated carbocycles. The molecule has 3 nitrogen and oxygen atoms in total. The van der Waals surface area contributed by atoms with Gasteiger partial charge in [0.05, 0.1) is 22.1 Å². The largest absolute Gasteiger partial charge is 0.331 e. The quantitative estimate of drug-likeness (QED) is 0.151. The van der Waals surface area contributed by atoms with Crippen molar-refractivity contribution in [2.75, 3.05) is 0 Å². The molecule has 3 aromatic heterocycles. The molecule has 14 rings (SSSR count). The second kappa shape index (κ2) is 16.2. The van der Waals surface area contributed by atoms with Gasteiger partial charge < -0.3 is 13.7 Å². The van der Waals surface area contributed by atoms with E-state index in [9.17, 15) is 0 Å². The Hall–Kier alpha value is -8.66. The number of allylic oxidation sites excluding steroid dienone is 5. The first-order valence-corrected chi connectivity index (χ1v) is 25.1. The van der Waals surface area contributed by atoms with E-state index in [2.05, 4.69) is 270 Å². The molecule has 2 aliphatic carbocycles. The SMILES string of the molecule is CC1C=CC(c2ccc3c(c2)c2cc(-c4ccccc4)ccc2n3-c2ccc(-n3c4c(c5ccccc53)C=CC(C)(n3c5ccc(-c6ccccc6)cc5c5cc(-c6ccccc6)ccc53)C4)cc2)=CC1. The van der Waals surface area contributed by atoms with E-state index in [1.54, 1.807) is 0 Å². The van der Waals surface area contributed by atoms with Crippen LogP contribution in [0.15, 0.2) is 237 Å². The molecule has 0 N–H and O–H groups in total. The molecule has 2 atom stereocenters. The standard InChI is InChI=1S/C68H51N3/c1-45-22-24-49(25-23-45)53-27-35-64-59(41-53)58-40-50(46-14-6-3-7-15-46)26-34-63(58)69(64)54-30-32-55(33-31-54)70-62-21-13-12-20-56(62)57-38-39-68(2,44-67(57)70)71-65-36-28-51(47-16-8-4-9-17-47)42-60(65)61-43-52(29-37-66(61)71)48-18-10-5-11-19-48/h3-22,24-43,45H,23,44H2,1-2H3. The van der Waals surface area contributed by atoms with E-state index in [1.165, 1.54) is 110 Å². The molecule has 0 radical (unpaired) electrons. The van der Waals surface area contributed by atoms with Crippen LogP contribution in [0, 0.1) is 5.92 Å². The normalized spacial score (nSPS) is 16.6. The summed E-state index contributed by atoms with van der Waals surface area (Å²) < 4.78 is 7.60. The van der Waals surface area contributed by atoms with E-state index in [4.69, 9.17) is 0 Å². The molecule has 3 heteroatoms. The Kier molecular flexibility index (Phi) is 9.44. The van der Waals surface area contributed by atoms with Crippen molar-refractivity contribution in [1.29, 1.82) is 0 Å². The van der Waals surface area contributed by atoms with E-state index in [0.717, 1.165) is 24.2 Å². The van der Waals surface area contributed by atoms with Gasteiger partial charge in [0.25, 0.3) is 0 Å². The molecule has 3 heterocycles. The van der Waals surface area contributed by atoms with Gasteiger partial charge >= 0.3 is 0 Å². The van der Waals surface area contributed by atoms with E-state index in [0.29, 0.717) is 5.92 Å². The molecule has 0 saturated heterocycles. The number of fused-ring (bicyclic) bond motifs is 9. The van der Waals surface area contributed by atoms with Crippen LogP contribution in [0.4, 0.5) is 0 Å². The van der Waals surface area contributed by atoms with Gasteiger partial charge in [-0.25, -0.2) is 0 Å². The summed E-state index contributed by atoms with van der Waals surface area (Å²) in [4.78, 5) is 0. The zero-order valence-corrected chi connectivity index (χ0v) is 39.9. The average Bonchev–Trinajstić information content (AvgIpc) is 4.06. The van der Waals surface area contributed by atoms with Crippen molar-refractivity contribution in [1.82, 2.24) is 13.7 Å². The summed E-state index contributed by atoms with van der Waals surface area (Å²) in [5, 5.41) is 6.34. The molecule has 2 aliphatic rings. The third kappa shape index (κ3) is 6.72. The van der Waals surface area contributed by atoms with Crippen LogP contribution >= 0.6 is 0 Å². The van der Waals surface area contributed by atoms with Gasteiger partial charge in [0.2, 0.25) is 0 Å². The van der Waals surface area contributed by atoms with Crippen molar-refractivity contribution in [3.63, 3.8) is 0 Å². The number of rotatable bonds is 7. The van der Waals surface area contributed by atoms with Crippen molar-refractivity contribution in [3.05, 3.63) is 253 Å². The van der Waals surface area contributed by atoms with E-state index in [1.807, 2.05) is 0 Å². The fourth-order valence-electron chi connectivity index (χ4n) is 12.0. The lowest BCUT2D eigenvalue weighted by Crippen LogP contribution is -2.33. The highest BCUT2D eigenvalue weighted by atomic mass is 15.1. The van der Waals surface area contributed by atoms with Crippen molar-refractivity contribution in [2.24, 2.45) is 5.92 Å². The van der Waals surface area contributed by atoms with Crippen molar-refractivity contribution in [2.45, 2.75) is 32.2 Å². The van der Waals surface area contributed by atoms with Gasteiger partial charge in [0.1, 0.15) is 0 Å². The topological polar surface area (TPSA) is 14.8 Å². The Bertz CT molecular complexity index is 4060. The molecule has 71 heavy (non-hydrogen) atoms. The summed E-state index contributed by atoms with van der Waals surface area (Å²) in [6.07, 6.45) is 13.8. The van der Waals surface area contributed by atoms with Crippen molar-refractivity contribution >= 4 is 66.2 Å². The summed E-state index contributed by atoms with van der Waals surface area (Å²) in [5.74, 6) is 0.570. The molecule has 0 aliphatic heterocycles. The molecule has 12 aromatic rings. The minimum absolute atomic E-state index is 0.371. The summed E-state index contributed by atoms with van der Waals surface area (Å²) in [5.41, 5.74) is 20.6. The molecule has 2 unspecified atom stereocenters. The average molecular weight is 910 g/mol. The Morgan fingerprint density at radius 3 is 1.39 bits per heavy atom. The molecular weight excluding hydrogens is 859 g/mol. The first-order valence-electron chi connectivity index (χ1n) is 25.1. The maximum Gasteiger partial charge on any atom is 0.0664 e. The fourth-order valence-corrected chi connectivity index (χ4v) is 12.0. The lowest BCUT2D eigenvalue weighted by molar-refractivity contribution is 0.423. The second-order valence-corrected chi connectivity index (χ2v) is 20.0. The molecular formula is C68H51N3. The molecule has 338 valence electrons. The Morgan fingerprint density at radius 1 is 0.408 bits per heavy atom. The Labute approximate surface area is 414 Å². The monoisotopic (exact) mass is 909 g/mol. The molecule has 0 bridgehead atoms. The number of nitrogens with zero attached hydrogens (tertiary/aromatic N) is 3. The number of benzene rings is 9. The van der Waals surface area contributed by atoms with Crippen LogP contribution in [0.1, 0.15) is 37.1 Å². The maximum atomic E-state index is 2.62. The van der Waals surface area contributed by atoms with E-state index < -0.39 is 0 Å². The second-order valence-electron chi connectivity index (χ2n) is 20.0. The molecule has 0 fully saturated rings. The van der Waals surface area contributed by atoms with Gasteiger partial charge in [-0.1, -0.05) is 171 Å². The molecule has 9 aromatic carbocycles. The van der Waals surface area contributed by atoms with Gasteiger partial charge in [-0.2, -0.15) is 0 Å². The smallest absolute Gasteiger partial charge is 0.0664 e. The van der Waals surface area contributed by atoms with Crippen molar-refractivity contribution in [3.8, 4) is 44.8 Å². The van der Waals surface area contributed by atoms with Crippen LogP contribution in [0.25, 0.3) is 111 Å². The third-order valence-corrected chi connectivity index (χ3v) is 15.5. The molecule has 0 amide bonds. The summed E-state index contributed by atoms with van der Waals surface area (Å²) in [6.45, 7) is 4.71. The maximum absolute atomic E-state index is 2.62.